The van der Waals surface area contributed by atoms with E-state index in [9.17, 15) is 4.79 Å². The Kier molecular flexibility index (Phi) is 4.07. The van der Waals surface area contributed by atoms with Gasteiger partial charge in [-0.3, -0.25) is 4.79 Å². The number of aromatic nitrogens is 1. The number of anilines is 1. The third-order valence-corrected chi connectivity index (χ3v) is 4.23. The number of carbonyl (C=O) groups excluding carboxylic acids is 1. The molecule has 2 aromatic heterocycles. The molecule has 2 rings (SSSR count). The van der Waals surface area contributed by atoms with Crippen LogP contribution in [0.5, 0.6) is 0 Å². The number of aryl methyl sites for hydroxylation is 2. The largest absolute Gasteiger partial charge is 0.382 e. The molecule has 0 fully saturated rings. The number of thiophene rings is 1. The first-order chi connectivity index (χ1) is 8.97. The second kappa shape index (κ2) is 5.59. The van der Waals surface area contributed by atoms with Crippen molar-refractivity contribution in [3.8, 4) is 0 Å². The Bertz CT molecular complexity index is 605. The number of hydrogen-bond acceptors (Lipinski definition) is 4. The number of nitrogen functional groups attached to an aromatic ring is 1. The third-order valence-electron chi connectivity index (χ3n) is 2.77. The zero-order chi connectivity index (χ0) is 14.0. The summed E-state index contributed by atoms with van der Waals surface area (Å²) in [6, 6.07) is 3.60. The second-order valence-corrected chi connectivity index (χ2v) is 5.97. The van der Waals surface area contributed by atoms with Crippen molar-refractivity contribution < 1.29 is 4.79 Å². The van der Waals surface area contributed by atoms with Crippen LogP contribution in [0.25, 0.3) is 0 Å². The van der Waals surface area contributed by atoms with Crippen LogP contribution in [-0.2, 0) is 6.54 Å². The van der Waals surface area contributed by atoms with Gasteiger partial charge in [-0.2, -0.15) is 0 Å². The van der Waals surface area contributed by atoms with Gasteiger partial charge in [0.15, 0.2) is 0 Å². The van der Waals surface area contributed by atoms with Gasteiger partial charge in [0.1, 0.15) is 5.82 Å². The number of rotatable bonds is 3. The highest BCUT2D eigenvalue weighted by atomic mass is 35.5. The van der Waals surface area contributed by atoms with Gasteiger partial charge >= 0.3 is 0 Å². The molecule has 19 heavy (non-hydrogen) atoms. The highest BCUT2D eigenvalue weighted by Gasteiger charge is 2.09. The number of hydrogen-bond donors (Lipinski definition) is 2. The molecule has 0 aliphatic carbocycles. The zero-order valence-corrected chi connectivity index (χ0v) is 12.2. The predicted molar refractivity (Wildman–Crippen MR) is 78.6 cm³/mol. The number of pyridine rings is 1. The van der Waals surface area contributed by atoms with E-state index in [1.807, 2.05) is 0 Å². The van der Waals surface area contributed by atoms with E-state index in [4.69, 9.17) is 17.3 Å². The van der Waals surface area contributed by atoms with Crippen molar-refractivity contribution in [1.29, 1.82) is 0 Å². The minimum atomic E-state index is -0.210. The lowest BCUT2D eigenvalue weighted by Gasteiger charge is -2.04. The normalized spacial score (nSPS) is 10.5. The van der Waals surface area contributed by atoms with Gasteiger partial charge in [0, 0.05) is 16.0 Å². The van der Waals surface area contributed by atoms with Crippen LogP contribution in [0.1, 0.15) is 25.7 Å². The Morgan fingerprint density at radius 2 is 2.21 bits per heavy atom. The molecule has 2 aromatic rings. The fraction of sp³-hybridized carbons (Fsp3) is 0.231. The molecule has 0 aliphatic heterocycles. The van der Waals surface area contributed by atoms with Crippen LogP contribution in [0.4, 0.5) is 5.82 Å². The highest BCUT2D eigenvalue weighted by Crippen LogP contribution is 2.20. The lowest BCUT2D eigenvalue weighted by Crippen LogP contribution is -2.22. The van der Waals surface area contributed by atoms with Crippen LogP contribution in [0.2, 0.25) is 5.02 Å². The molecule has 3 N–H and O–H groups in total. The Balaban J connectivity index is 2.03. The summed E-state index contributed by atoms with van der Waals surface area (Å²) in [6.45, 7) is 4.62. The molecule has 4 nitrogen and oxygen atoms in total. The Morgan fingerprint density at radius 3 is 2.79 bits per heavy atom. The van der Waals surface area contributed by atoms with E-state index in [1.165, 1.54) is 22.7 Å². The van der Waals surface area contributed by atoms with Gasteiger partial charge in [0.2, 0.25) is 0 Å². The van der Waals surface area contributed by atoms with Crippen LogP contribution in [0, 0.1) is 13.8 Å². The van der Waals surface area contributed by atoms with Crippen LogP contribution in [0.3, 0.4) is 0 Å². The summed E-state index contributed by atoms with van der Waals surface area (Å²) in [4.78, 5) is 18.2. The lowest BCUT2D eigenvalue weighted by molar-refractivity contribution is 0.0951. The Morgan fingerprint density at radius 1 is 1.47 bits per heavy atom. The molecule has 0 aromatic carbocycles. The monoisotopic (exact) mass is 295 g/mol. The van der Waals surface area contributed by atoms with Crippen LogP contribution < -0.4 is 11.1 Å². The van der Waals surface area contributed by atoms with E-state index >= 15 is 0 Å². The van der Waals surface area contributed by atoms with E-state index in [2.05, 4.69) is 30.2 Å². The number of carbonyl (C=O) groups is 1. The summed E-state index contributed by atoms with van der Waals surface area (Å²) in [5.74, 6) is 0.0147. The number of nitrogens with one attached hydrogen (secondary N) is 1. The molecule has 0 saturated heterocycles. The van der Waals surface area contributed by atoms with Crippen molar-refractivity contribution in [2.24, 2.45) is 0 Å². The summed E-state index contributed by atoms with van der Waals surface area (Å²) < 4.78 is 0. The minimum Gasteiger partial charge on any atom is -0.382 e. The smallest absolute Gasteiger partial charge is 0.253 e. The molecule has 100 valence electrons. The molecule has 0 spiro atoms. The fourth-order valence-electron chi connectivity index (χ4n) is 1.58. The number of nitrogens with zero attached hydrogens (tertiary/aromatic N) is 1. The first-order valence-corrected chi connectivity index (χ1v) is 6.92. The molecule has 2 heterocycles. The standard InChI is InChI=1S/C13H14ClN3OS/c1-7-3-10(19-8(7)2)6-17-13(18)9-4-11(14)12(15)16-5-9/h3-5H,6H2,1-2H3,(H2,15,16)(H,17,18). The van der Waals surface area contributed by atoms with Crippen molar-refractivity contribution in [2.75, 3.05) is 5.73 Å². The van der Waals surface area contributed by atoms with Crippen LogP contribution in [0.15, 0.2) is 18.3 Å². The molecule has 0 bridgehead atoms. The topological polar surface area (TPSA) is 68.0 Å². The summed E-state index contributed by atoms with van der Waals surface area (Å²) in [5, 5.41) is 3.12. The van der Waals surface area contributed by atoms with Crippen molar-refractivity contribution in [3.63, 3.8) is 0 Å². The zero-order valence-electron chi connectivity index (χ0n) is 10.7. The van der Waals surface area contributed by atoms with Crippen LogP contribution >= 0.6 is 22.9 Å². The van der Waals surface area contributed by atoms with Gasteiger partial charge in [-0.25, -0.2) is 4.98 Å². The first kappa shape index (κ1) is 13.8. The first-order valence-electron chi connectivity index (χ1n) is 5.72. The third kappa shape index (κ3) is 3.24. The van der Waals surface area contributed by atoms with E-state index in [-0.39, 0.29) is 16.7 Å². The summed E-state index contributed by atoms with van der Waals surface area (Å²) >= 11 is 7.51. The maximum atomic E-state index is 11.9. The highest BCUT2D eigenvalue weighted by molar-refractivity contribution is 7.12. The van der Waals surface area contributed by atoms with E-state index in [1.54, 1.807) is 11.3 Å². The van der Waals surface area contributed by atoms with Gasteiger partial charge in [-0.1, -0.05) is 11.6 Å². The average molecular weight is 296 g/mol. The van der Waals surface area contributed by atoms with E-state index in [0.29, 0.717) is 12.1 Å². The molecular formula is C13H14ClN3OS. The molecule has 6 heteroatoms. The predicted octanol–water partition coefficient (Wildman–Crippen LogP) is 2.93. The van der Waals surface area contributed by atoms with E-state index in [0.717, 1.165) is 4.88 Å². The van der Waals surface area contributed by atoms with Crippen molar-refractivity contribution in [2.45, 2.75) is 20.4 Å². The molecule has 0 atom stereocenters. The Hall–Kier alpha value is -1.59. The Labute approximate surface area is 120 Å². The maximum Gasteiger partial charge on any atom is 0.253 e. The molecule has 1 amide bonds. The maximum absolute atomic E-state index is 11.9. The molecule has 0 aliphatic rings. The molecule has 0 saturated carbocycles. The summed E-state index contributed by atoms with van der Waals surface area (Å²) in [7, 11) is 0. The van der Waals surface area contributed by atoms with E-state index < -0.39 is 0 Å². The SMILES string of the molecule is Cc1cc(CNC(=O)c2cnc(N)c(Cl)c2)sc1C. The number of nitrogens with two attached hydrogens (primary N) is 1. The summed E-state index contributed by atoms with van der Waals surface area (Å²) in [5.41, 5.74) is 7.15. The summed E-state index contributed by atoms with van der Waals surface area (Å²) in [6.07, 6.45) is 1.42. The quantitative estimate of drug-likeness (QED) is 0.915. The van der Waals surface area contributed by atoms with Gasteiger partial charge < -0.3 is 11.1 Å². The van der Waals surface area contributed by atoms with Gasteiger partial charge in [-0.05, 0) is 31.5 Å². The molecule has 0 unspecified atom stereocenters. The lowest BCUT2D eigenvalue weighted by atomic mass is 10.2. The second-order valence-electron chi connectivity index (χ2n) is 4.23. The number of halogens is 1. The molecular weight excluding hydrogens is 282 g/mol. The minimum absolute atomic E-state index is 0.210. The average Bonchev–Trinajstić information content (AvgIpc) is 2.69. The van der Waals surface area contributed by atoms with Gasteiger partial charge in [-0.15, -0.1) is 11.3 Å². The number of amides is 1. The van der Waals surface area contributed by atoms with Crippen molar-refractivity contribution in [1.82, 2.24) is 10.3 Å². The molecule has 0 radical (unpaired) electrons. The fourth-order valence-corrected chi connectivity index (χ4v) is 2.74. The van der Waals surface area contributed by atoms with Crippen molar-refractivity contribution >= 4 is 34.7 Å². The van der Waals surface area contributed by atoms with Crippen molar-refractivity contribution in [3.05, 3.63) is 44.2 Å². The van der Waals surface area contributed by atoms with Gasteiger partial charge in [0.25, 0.3) is 5.91 Å². The van der Waals surface area contributed by atoms with Crippen LogP contribution in [-0.4, -0.2) is 10.9 Å². The van der Waals surface area contributed by atoms with Gasteiger partial charge in [0.05, 0.1) is 17.1 Å².